The average Bonchev–Trinajstić information content (AvgIpc) is 3.71. The van der Waals surface area contributed by atoms with Crippen molar-refractivity contribution in [2.45, 2.75) is 43.9 Å². The van der Waals surface area contributed by atoms with Crippen LogP contribution in [0.2, 0.25) is 5.02 Å². The Morgan fingerprint density at radius 2 is 1.75 bits per heavy atom. The number of hydrogen-bond acceptors (Lipinski definition) is 7. The summed E-state index contributed by atoms with van der Waals surface area (Å²) in [5, 5.41) is 11.3. The number of benzene rings is 3. The summed E-state index contributed by atoms with van der Waals surface area (Å²) in [6.45, 7) is -0.315. The third-order valence-electron chi connectivity index (χ3n) is 8.63. The van der Waals surface area contributed by atoms with E-state index < -0.39 is 50.9 Å². The lowest BCUT2D eigenvalue weighted by Crippen LogP contribution is -2.37. The van der Waals surface area contributed by atoms with Crippen LogP contribution in [0.1, 0.15) is 47.4 Å². The van der Waals surface area contributed by atoms with E-state index in [4.69, 9.17) is 11.6 Å². The molecule has 12 nitrogen and oxygen atoms in total. The number of amides is 1. The van der Waals surface area contributed by atoms with Gasteiger partial charge in [-0.05, 0) is 66.9 Å². The number of nitrogens with zero attached hydrogens (tertiary/aromatic N) is 6. The number of alkyl halides is 3. The summed E-state index contributed by atoms with van der Waals surface area (Å²) >= 11 is 6.54. The Morgan fingerprint density at radius 3 is 2.42 bits per heavy atom. The van der Waals surface area contributed by atoms with Crippen LogP contribution in [0, 0.1) is 11.6 Å². The molecule has 3 heterocycles. The minimum Gasteiger partial charge on any atom is -0.344 e. The molecule has 0 bridgehead atoms. The van der Waals surface area contributed by atoms with Crippen molar-refractivity contribution in [2.24, 2.45) is 7.05 Å². The number of sulfonamides is 1. The third kappa shape index (κ3) is 7.46. The number of hydrogen-bond donors (Lipinski definition) is 2. The van der Waals surface area contributed by atoms with Crippen molar-refractivity contribution in [1.29, 1.82) is 0 Å². The maximum Gasteiger partial charge on any atom is 0.416 e. The second kappa shape index (κ2) is 13.2. The lowest BCUT2D eigenvalue weighted by atomic mass is 10.0. The molecule has 19 heteroatoms. The maximum absolute atomic E-state index is 14.5. The number of nitrogens with one attached hydrogen (secondary N) is 2. The molecule has 0 saturated heterocycles. The zero-order valence-electron chi connectivity index (χ0n) is 27.7. The Morgan fingerprint density at radius 1 is 1.04 bits per heavy atom. The van der Waals surface area contributed by atoms with Gasteiger partial charge in [0.1, 0.15) is 24.0 Å². The van der Waals surface area contributed by atoms with Crippen molar-refractivity contribution in [3.05, 3.63) is 110 Å². The van der Waals surface area contributed by atoms with E-state index in [2.05, 4.69) is 25.2 Å². The smallest absolute Gasteiger partial charge is 0.344 e. The zero-order valence-corrected chi connectivity index (χ0v) is 29.3. The Balaban J connectivity index is 1.46. The SMILES string of the molecule is Cn1nc(NS(C)(=O)=O)c2c(Cl)ccc(-n3c(C(Cc4cc(F)cc(F)c4)NC(=O)Cn4ccc(C5CC5)n4)nc4cc(C(F)(F)F)ccc4c3=O)c21. The second-order valence-electron chi connectivity index (χ2n) is 12.8. The van der Waals surface area contributed by atoms with Crippen LogP contribution in [0.3, 0.4) is 0 Å². The fourth-order valence-corrected chi connectivity index (χ4v) is 6.99. The minimum absolute atomic E-state index is 0.000993. The molecule has 276 valence electrons. The molecule has 0 radical (unpaired) electrons. The van der Waals surface area contributed by atoms with Crippen molar-refractivity contribution in [3.8, 4) is 5.69 Å². The van der Waals surface area contributed by atoms with Gasteiger partial charge in [-0.2, -0.15) is 23.4 Å². The molecular weight excluding hydrogens is 747 g/mol. The molecule has 1 amide bonds. The topological polar surface area (TPSA) is 146 Å². The molecule has 7 rings (SSSR count). The van der Waals surface area contributed by atoms with Crippen molar-refractivity contribution < 1.29 is 35.2 Å². The molecule has 1 aliphatic carbocycles. The number of aromatic nitrogens is 6. The number of halogens is 6. The zero-order chi connectivity index (χ0) is 38.0. The molecule has 1 saturated carbocycles. The number of carbonyl (C=O) groups excluding carboxylic acids is 1. The highest BCUT2D eigenvalue weighted by Gasteiger charge is 2.33. The largest absolute Gasteiger partial charge is 0.416 e. The Bertz CT molecular complexity index is 2600. The van der Waals surface area contributed by atoms with E-state index in [-0.39, 0.29) is 62.7 Å². The fourth-order valence-electron chi connectivity index (χ4n) is 6.25. The quantitative estimate of drug-likeness (QED) is 0.168. The average molecular weight is 775 g/mol. The van der Waals surface area contributed by atoms with Crippen molar-refractivity contribution >= 4 is 55.2 Å². The van der Waals surface area contributed by atoms with Crippen LogP contribution in [0.5, 0.6) is 0 Å². The first-order valence-electron chi connectivity index (χ1n) is 16.0. The van der Waals surface area contributed by atoms with Crippen molar-refractivity contribution in [1.82, 2.24) is 34.4 Å². The van der Waals surface area contributed by atoms with Crippen LogP contribution < -0.4 is 15.6 Å². The van der Waals surface area contributed by atoms with Gasteiger partial charge in [0.25, 0.3) is 5.56 Å². The Hall–Kier alpha value is -5.36. The monoisotopic (exact) mass is 774 g/mol. The Kier molecular flexibility index (Phi) is 9.00. The number of fused-ring (bicyclic) bond motifs is 2. The third-order valence-corrected chi connectivity index (χ3v) is 9.51. The summed E-state index contributed by atoms with van der Waals surface area (Å²) in [6, 6.07) is 8.16. The maximum atomic E-state index is 14.5. The molecule has 1 fully saturated rings. The Labute approximate surface area is 302 Å². The summed E-state index contributed by atoms with van der Waals surface area (Å²) in [5.74, 6) is -2.74. The second-order valence-corrected chi connectivity index (χ2v) is 14.9. The molecule has 3 aromatic carbocycles. The van der Waals surface area contributed by atoms with E-state index in [1.807, 2.05) is 0 Å². The first-order chi connectivity index (χ1) is 24.9. The molecule has 0 aliphatic heterocycles. The molecule has 2 N–H and O–H groups in total. The van der Waals surface area contributed by atoms with Gasteiger partial charge in [0.05, 0.1) is 56.1 Å². The number of anilines is 1. The van der Waals surface area contributed by atoms with E-state index in [1.165, 1.54) is 28.5 Å². The first-order valence-corrected chi connectivity index (χ1v) is 18.3. The fraction of sp³-hybridized carbons (Fsp3) is 0.265. The minimum atomic E-state index is -4.80. The summed E-state index contributed by atoms with van der Waals surface area (Å²) < 4.78 is 101. The lowest BCUT2D eigenvalue weighted by Gasteiger charge is -2.24. The molecular formula is C34H28ClF5N8O4S. The van der Waals surface area contributed by atoms with E-state index in [1.54, 1.807) is 12.3 Å². The number of aryl methyl sites for hydroxylation is 1. The van der Waals surface area contributed by atoms with Gasteiger partial charge in [0.2, 0.25) is 15.9 Å². The molecule has 1 unspecified atom stereocenters. The molecule has 1 atom stereocenters. The standard InChI is InChI=1S/C34H28ClF5N8O4S/c1-46-30-27(8-7-23(35)29(30)31(44-46)45-53(2,51)52)48-32(42-25-14-19(34(38,39)40)5-6-22(25)33(48)50)26(13-17-11-20(36)15-21(37)12-17)41-28(49)16-47-10-9-24(43-47)18-3-4-18/h5-12,14-15,18,26H,3-4,13,16H2,1-2H3,(H,41,49)(H,44,45). The summed E-state index contributed by atoms with van der Waals surface area (Å²) in [6.07, 6.45) is -0.737. The first kappa shape index (κ1) is 36.0. The van der Waals surface area contributed by atoms with Crippen LogP contribution in [-0.2, 0) is 41.0 Å². The molecule has 6 aromatic rings. The van der Waals surface area contributed by atoms with Crippen LogP contribution >= 0.6 is 11.6 Å². The van der Waals surface area contributed by atoms with E-state index >= 15 is 0 Å². The van der Waals surface area contributed by atoms with Crippen LogP contribution in [0.15, 0.2) is 65.6 Å². The van der Waals surface area contributed by atoms with Gasteiger partial charge in [-0.15, -0.1) is 0 Å². The van der Waals surface area contributed by atoms with Gasteiger partial charge in [0, 0.05) is 31.6 Å². The van der Waals surface area contributed by atoms with Crippen molar-refractivity contribution in [3.63, 3.8) is 0 Å². The van der Waals surface area contributed by atoms with Gasteiger partial charge in [-0.1, -0.05) is 11.6 Å². The van der Waals surface area contributed by atoms with E-state index in [9.17, 15) is 40.0 Å². The molecule has 0 spiro atoms. The summed E-state index contributed by atoms with van der Waals surface area (Å²) in [7, 11) is -2.43. The van der Waals surface area contributed by atoms with Crippen LogP contribution in [-0.4, -0.2) is 49.7 Å². The van der Waals surface area contributed by atoms with Crippen molar-refractivity contribution in [2.75, 3.05) is 11.0 Å². The van der Waals surface area contributed by atoms with Gasteiger partial charge in [0.15, 0.2) is 5.82 Å². The van der Waals surface area contributed by atoms with Crippen LogP contribution in [0.4, 0.5) is 27.8 Å². The van der Waals surface area contributed by atoms with Gasteiger partial charge in [-0.25, -0.2) is 22.2 Å². The number of rotatable bonds is 10. The molecule has 3 aromatic heterocycles. The lowest BCUT2D eigenvalue weighted by molar-refractivity contribution is -0.137. The normalized spacial score (nSPS) is 14.2. The molecule has 1 aliphatic rings. The van der Waals surface area contributed by atoms with E-state index in [0.29, 0.717) is 18.1 Å². The summed E-state index contributed by atoms with van der Waals surface area (Å²) in [4.78, 5) is 32.7. The van der Waals surface area contributed by atoms with E-state index in [0.717, 1.165) is 53.6 Å². The molecule has 53 heavy (non-hydrogen) atoms. The summed E-state index contributed by atoms with van der Waals surface area (Å²) in [5.41, 5.74) is -1.43. The van der Waals surface area contributed by atoms with Gasteiger partial charge in [-0.3, -0.25) is 28.2 Å². The number of carbonyl (C=O) groups is 1. The predicted molar refractivity (Wildman–Crippen MR) is 185 cm³/mol. The van der Waals surface area contributed by atoms with Gasteiger partial charge >= 0.3 is 6.18 Å². The highest BCUT2D eigenvalue weighted by atomic mass is 35.5. The highest BCUT2D eigenvalue weighted by molar-refractivity contribution is 7.92. The highest BCUT2D eigenvalue weighted by Crippen LogP contribution is 2.39. The van der Waals surface area contributed by atoms with Crippen LogP contribution in [0.25, 0.3) is 27.5 Å². The van der Waals surface area contributed by atoms with Gasteiger partial charge < -0.3 is 5.32 Å². The predicted octanol–water partition coefficient (Wildman–Crippen LogP) is 5.77.